The largest absolute Gasteiger partial charge is 0.494 e. The van der Waals surface area contributed by atoms with Crippen LogP contribution in [0, 0.1) is 0 Å². The van der Waals surface area contributed by atoms with E-state index in [0.717, 1.165) is 41.8 Å². The van der Waals surface area contributed by atoms with Gasteiger partial charge in [0.05, 0.1) is 19.8 Å². The Labute approximate surface area is 151 Å². The van der Waals surface area contributed by atoms with Gasteiger partial charge in [-0.15, -0.1) is 0 Å². The van der Waals surface area contributed by atoms with Crippen LogP contribution in [0.5, 0.6) is 5.75 Å². The fourth-order valence-corrected chi connectivity index (χ4v) is 3.45. The Balaban J connectivity index is 1.69. The van der Waals surface area contributed by atoms with Gasteiger partial charge in [0, 0.05) is 41.6 Å². The van der Waals surface area contributed by atoms with Gasteiger partial charge in [-0.2, -0.15) is 0 Å². The van der Waals surface area contributed by atoms with E-state index in [1.807, 2.05) is 24.0 Å². The molecule has 0 spiro atoms. The van der Waals surface area contributed by atoms with E-state index in [-0.39, 0.29) is 11.9 Å². The second kappa shape index (κ2) is 8.32. The van der Waals surface area contributed by atoms with E-state index in [2.05, 4.69) is 27.3 Å². The summed E-state index contributed by atoms with van der Waals surface area (Å²) < 4.78 is 12.2. The van der Waals surface area contributed by atoms with Crippen molar-refractivity contribution >= 4 is 21.8 Å². The lowest BCUT2D eigenvalue weighted by Crippen LogP contribution is -2.45. The highest BCUT2D eigenvalue weighted by Gasteiger charge is 2.34. The van der Waals surface area contributed by atoms with E-state index in [0.29, 0.717) is 32.2 Å². The number of morpholine rings is 1. The predicted octanol–water partition coefficient (Wildman–Crippen LogP) is 2.72. The van der Waals surface area contributed by atoms with Crippen molar-refractivity contribution in [2.75, 3.05) is 26.4 Å². The molecule has 1 aromatic rings. The standard InChI is InChI=1S/C18H25BrN2O3/c1-2-24-17-6-3-14(19)9-13(17)11-21(16-4-5-16)18(22)10-15-12-23-8-7-20-15/h3,6,9,15-16,20H,2,4-5,7-8,10-12H2,1H3. The summed E-state index contributed by atoms with van der Waals surface area (Å²) in [7, 11) is 0. The Morgan fingerprint density at radius 1 is 1.46 bits per heavy atom. The van der Waals surface area contributed by atoms with Gasteiger partial charge in [0.2, 0.25) is 5.91 Å². The summed E-state index contributed by atoms with van der Waals surface area (Å²) in [6.45, 7) is 5.37. The minimum absolute atomic E-state index is 0.126. The zero-order chi connectivity index (χ0) is 16.9. The minimum Gasteiger partial charge on any atom is -0.494 e. The second-order valence-corrected chi connectivity index (χ2v) is 7.28. The second-order valence-electron chi connectivity index (χ2n) is 6.37. The first-order valence-corrected chi connectivity index (χ1v) is 9.48. The van der Waals surface area contributed by atoms with Crippen LogP contribution in [0.25, 0.3) is 0 Å². The van der Waals surface area contributed by atoms with Crippen LogP contribution in [0.2, 0.25) is 0 Å². The van der Waals surface area contributed by atoms with E-state index >= 15 is 0 Å². The van der Waals surface area contributed by atoms with Crippen molar-refractivity contribution in [3.05, 3.63) is 28.2 Å². The Hall–Kier alpha value is -1.11. The van der Waals surface area contributed by atoms with Crippen LogP contribution in [0.4, 0.5) is 0 Å². The van der Waals surface area contributed by atoms with Gasteiger partial charge in [0.15, 0.2) is 0 Å². The smallest absolute Gasteiger partial charge is 0.224 e. The lowest BCUT2D eigenvalue weighted by atomic mass is 10.1. The molecular formula is C18H25BrN2O3. The highest BCUT2D eigenvalue weighted by atomic mass is 79.9. The van der Waals surface area contributed by atoms with Crippen molar-refractivity contribution in [1.82, 2.24) is 10.2 Å². The van der Waals surface area contributed by atoms with Gasteiger partial charge in [0.25, 0.3) is 0 Å². The van der Waals surface area contributed by atoms with Crippen LogP contribution in [0.3, 0.4) is 0 Å². The molecule has 132 valence electrons. The number of nitrogens with zero attached hydrogens (tertiary/aromatic N) is 1. The van der Waals surface area contributed by atoms with E-state index in [4.69, 9.17) is 9.47 Å². The number of rotatable bonds is 7. The zero-order valence-electron chi connectivity index (χ0n) is 14.1. The van der Waals surface area contributed by atoms with Crippen LogP contribution in [0.15, 0.2) is 22.7 Å². The van der Waals surface area contributed by atoms with Gasteiger partial charge in [-0.05, 0) is 38.0 Å². The molecule has 0 aromatic heterocycles. The molecule has 3 rings (SSSR count). The molecule has 5 nitrogen and oxygen atoms in total. The molecule has 1 N–H and O–H groups in total. The average molecular weight is 397 g/mol. The van der Waals surface area contributed by atoms with Crippen LogP contribution >= 0.6 is 15.9 Å². The number of carbonyl (C=O) groups excluding carboxylic acids is 1. The molecule has 1 heterocycles. The van der Waals surface area contributed by atoms with Gasteiger partial charge in [0.1, 0.15) is 5.75 Å². The molecule has 24 heavy (non-hydrogen) atoms. The Bertz CT molecular complexity index is 571. The normalized spacial score (nSPS) is 20.7. The highest BCUT2D eigenvalue weighted by molar-refractivity contribution is 9.10. The lowest BCUT2D eigenvalue weighted by Gasteiger charge is -2.28. The molecule has 0 radical (unpaired) electrons. The Morgan fingerprint density at radius 3 is 2.96 bits per heavy atom. The van der Waals surface area contributed by atoms with E-state index in [1.54, 1.807) is 0 Å². The van der Waals surface area contributed by atoms with Crippen LogP contribution in [-0.4, -0.2) is 49.3 Å². The maximum absolute atomic E-state index is 12.8. The maximum Gasteiger partial charge on any atom is 0.224 e. The first kappa shape index (κ1) is 17.7. The SMILES string of the molecule is CCOc1ccc(Br)cc1CN(C(=O)CC1COCCN1)C1CC1. The third-order valence-corrected chi connectivity index (χ3v) is 4.88. The van der Waals surface area contributed by atoms with Crippen LogP contribution < -0.4 is 10.1 Å². The number of halogens is 1. The van der Waals surface area contributed by atoms with Crippen molar-refractivity contribution in [2.24, 2.45) is 0 Å². The number of amides is 1. The first-order chi connectivity index (χ1) is 11.7. The van der Waals surface area contributed by atoms with Crippen molar-refractivity contribution in [3.63, 3.8) is 0 Å². The molecule has 1 saturated carbocycles. The summed E-state index contributed by atoms with van der Waals surface area (Å²) in [5.41, 5.74) is 1.05. The van der Waals surface area contributed by atoms with E-state index in [1.165, 1.54) is 0 Å². The molecule has 1 amide bonds. The summed E-state index contributed by atoms with van der Waals surface area (Å²) in [5, 5.41) is 3.36. The number of hydrogen-bond acceptors (Lipinski definition) is 4. The van der Waals surface area contributed by atoms with Gasteiger partial charge in [-0.25, -0.2) is 0 Å². The number of carbonyl (C=O) groups is 1. The maximum atomic E-state index is 12.8. The summed E-state index contributed by atoms with van der Waals surface area (Å²) in [6, 6.07) is 6.49. The highest BCUT2D eigenvalue weighted by Crippen LogP contribution is 2.32. The number of nitrogens with one attached hydrogen (secondary N) is 1. The molecule has 1 aliphatic heterocycles. The van der Waals surface area contributed by atoms with Crippen LogP contribution in [-0.2, 0) is 16.1 Å². The third-order valence-electron chi connectivity index (χ3n) is 4.39. The van der Waals surface area contributed by atoms with Crippen LogP contribution in [0.1, 0.15) is 31.7 Å². The fraction of sp³-hybridized carbons (Fsp3) is 0.611. The van der Waals surface area contributed by atoms with Crippen molar-refractivity contribution in [3.8, 4) is 5.75 Å². The number of ether oxygens (including phenoxy) is 2. The third kappa shape index (κ3) is 4.71. The summed E-state index contributed by atoms with van der Waals surface area (Å²) in [6.07, 6.45) is 2.69. The molecule has 6 heteroatoms. The molecule has 2 fully saturated rings. The van der Waals surface area contributed by atoms with Gasteiger partial charge in [-0.3, -0.25) is 4.79 Å². The topological polar surface area (TPSA) is 50.8 Å². The monoisotopic (exact) mass is 396 g/mol. The van der Waals surface area contributed by atoms with Gasteiger partial charge < -0.3 is 19.7 Å². The summed E-state index contributed by atoms with van der Waals surface area (Å²) in [4.78, 5) is 14.8. The summed E-state index contributed by atoms with van der Waals surface area (Å²) in [5.74, 6) is 1.06. The quantitative estimate of drug-likeness (QED) is 0.769. The first-order valence-electron chi connectivity index (χ1n) is 8.69. The molecule has 1 unspecified atom stereocenters. The summed E-state index contributed by atoms with van der Waals surface area (Å²) >= 11 is 3.52. The number of benzene rings is 1. The van der Waals surface area contributed by atoms with E-state index in [9.17, 15) is 4.79 Å². The Kier molecular flexibility index (Phi) is 6.14. The molecule has 1 atom stereocenters. The van der Waals surface area contributed by atoms with Gasteiger partial charge in [-0.1, -0.05) is 15.9 Å². The van der Waals surface area contributed by atoms with Crippen molar-refractivity contribution in [2.45, 2.75) is 44.8 Å². The molecule has 2 aliphatic rings. The van der Waals surface area contributed by atoms with Crippen molar-refractivity contribution in [1.29, 1.82) is 0 Å². The molecule has 1 aliphatic carbocycles. The average Bonchev–Trinajstić information content (AvgIpc) is 3.40. The molecular weight excluding hydrogens is 372 g/mol. The van der Waals surface area contributed by atoms with Gasteiger partial charge >= 0.3 is 0 Å². The predicted molar refractivity (Wildman–Crippen MR) is 96.1 cm³/mol. The zero-order valence-corrected chi connectivity index (χ0v) is 15.7. The lowest BCUT2D eigenvalue weighted by molar-refractivity contribution is -0.133. The fourth-order valence-electron chi connectivity index (χ4n) is 3.04. The Morgan fingerprint density at radius 2 is 2.29 bits per heavy atom. The van der Waals surface area contributed by atoms with Crippen molar-refractivity contribution < 1.29 is 14.3 Å². The molecule has 1 saturated heterocycles. The van der Waals surface area contributed by atoms with E-state index < -0.39 is 0 Å². The molecule has 0 bridgehead atoms. The minimum atomic E-state index is 0.126. The molecule has 1 aromatic carbocycles. The number of hydrogen-bond donors (Lipinski definition) is 1.